The van der Waals surface area contributed by atoms with E-state index in [1.807, 2.05) is 48.6 Å². The van der Waals surface area contributed by atoms with E-state index in [4.69, 9.17) is 14.2 Å². The fourth-order valence-corrected chi connectivity index (χ4v) is 2.72. The SMILES string of the molecule is C=Cc1ccccc1COCCCOCCCOCc1ccccc1C=C. The van der Waals surface area contributed by atoms with Crippen LogP contribution in [0.4, 0.5) is 0 Å². The first-order valence-electron chi connectivity index (χ1n) is 9.49. The Bertz CT molecular complexity index is 634. The molecule has 0 spiro atoms. The van der Waals surface area contributed by atoms with Gasteiger partial charge in [0.2, 0.25) is 0 Å². The molecule has 2 rings (SSSR count). The van der Waals surface area contributed by atoms with Crippen molar-refractivity contribution in [3.8, 4) is 0 Å². The van der Waals surface area contributed by atoms with Crippen molar-refractivity contribution in [3.63, 3.8) is 0 Å². The summed E-state index contributed by atoms with van der Waals surface area (Å²) in [6, 6.07) is 16.3. The Labute approximate surface area is 163 Å². The van der Waals surface area contributed by atoms with Crippen LogP contribution in [0.15, 0.2) is 61.7 Å². The second-order valence-electron chi connectivity index (χ2n) is 6.23. The second-order valence-corrected chi connectivity index (χ2v) is 6.23. The van der Waals surface area contributed by atoms with E-state index >= 15 is 0 Å². The lowest BCUT2D eigenvalue weighted by molar-refractivity contribution is 0.0564. The van der Waals surface area contributed by atoms with Crippen LogP contribution in [0.3, 0.4) is 0 Å². The quantitative estimate of drug-likeness (QED) is 0.413. The molecule has 0 fully saturated rings. The Morgan fingerprint density at radius 2 is 1.00 bits per heavy atom. The number of rotatable bonds is 14. The van der Waals surface area contributed by atoms with Crippen LogP contribution in [0.2, 0.25) is 0 Å². The van der Waals surface area contributed by atoms with Gasteiger partial charge in [0.1, 0.15) is 0 Å². The molecule has 144 valence electrons. The van der Waals surface area contributed by atoms with Gasteiger partial charge in [0.25, 0.3) is 0 Å². The van der Waals surface area contributed by atoms with E-state index in [0.29, 0.717) is 39.6 Å². The molecule has 0 atom stereocenters. The fourth-order valence-electron chi connectivity index (χ4n) is 2.72. The van der Waals surface area contributed by atoms with Crippen LogP contribution in [0.25, 0.3) is 12.2 Å². The largest absolute Gasteiger partial charge is 0.381 e. The van der Waals surface area contributed by atoms with E-state index < -0.39 is 0 Å². The summed E-state index contributed by atoms with van der Waals surface area (Å²) in [6.07, 6.45) is 5.51. The van der Waals surface area contributed by atoms with Crippen LogP contribution in [0.1, 0.15) is 35.1 Å². The first-order valence-corrected chi connectivity index (χ1v) is 9.49. The summed E-state index contributed by atoms with van der Waals surface area (Å²) >= 11 is 0. The average Bonchev–Trinajstić information content (AvgIpc) is 2.72. The molecule has 0 saturated heterocycles. The molecule has 0 aliphatic carbocycles. The van der Waals surface area contributed by atoms with E-state index in [1.54, 1.807) is 0 Å². The number of hydrogen-bond acceptors (Lipinski definition) is 3. The van der Waals surface area contributed by atoms with Crippen molar-refractivity contribution < 1.29 is 14.2 Å². The lowest BCUT2D eigenvalue weighted by Gasteiger charge is -2.09. The highest BCUT2D eigenvalue weighted by molar-refractivity contribution is 5.52. The monoisotopic (exact) mass is 366 g/mol. The molecule has 0 amide bonds. The first kappa shape index (κ1) is 21.1. The van der Waals surface area contributed by atoms with Gasteiger partial charge >= 0.3 is 0 Å². The summed E-state index contributed by atoms with van der Waals surface area (Å²) in [7, 11) is 0. The van der Waals surface area contributed by atoms with Gasteiger partial charge in [-0.1, -0.05) is 73.8 Å². The first-order chi connectivity index (χ1) is 13.3. The highest BCUT2D eigenvalue weighted by Crippen LogP contribution is 2.12. The van der Waals surface area contributed by atoms with Crippen molar-refractivity contribution in [1.29, 1.82) is 0 Å². The molecule has 0 heterocycles. The van der Waals surface area contributed by atoms with Gasteiger partial charge in [-0.2, -0.15) is 0 Å². The minimum Gasteiger partial charge on any atom is -0.381 e. The maximum absolute atomic E-state index is 5.72. The van der Waals surface area contributed by atoms with Crippen molar-refractivity contribution in [1.82, 2.24) is 0 Å². The molecule has 0 saturated carbocycles. The molecule has 0 N–H and O–H groups in total. The van der Waals surface area contributed by atoms with E-state index in [1.165, 1.54) is 11.1 Å². The summed E-state index contributed by atoms with van der Waals surface area (Å²) in [5, 5.41) is 0. The summed E-state index contributed by atoms with van der Waals surface area (Å²) in [6.45, 7) is 11.7. The van der Waals surface area contributed by atoms with Crippen LogP contribution in [-0.2, 0) is 27.4 Å². The van der Waals surface area contributed by atoms with Gasteiger partial charge in [0.05, 0.1) is 13.2 Å². The highest BCUT2D eigenvalue weighted by atomic mass is 16.5. The van der Waals surface area contributed by atoms with Gasteiger partial charge in [-0.25, -0.2) is 0 Å². The van der Waals surface area contributed by atoms with E-state index in [2.05, 4.69) is 25.3 Å². The van der Waals surface area contributed by atoms with Gasteiger partial charge < -0.3 is 14.2 Å². The molecule has 0 unspecified atom stereocenters. The Morgan fingerprint density at radius 1 is 0.593 bits per heavy atom. The zero-order valence-corrected chi connectivity index (χ0v) is 16.1. The minimum absolute atomic E-state index is 0.613. The van der Waals surface area contributed by atoms with Crippen LogP contribution < -0.4 is 0 Å². The summed E-state index contributed by atoms with van der Waals surface area (Å²) < 4.78 is 17.1. The number of benzene rings is 2. The third-order valence-electron chi connectivity index (χ3n) is 4.22. The highest BCUT2D eigenvalue weighted by Gasteiger charge is 2.00. The molecule has 0 bridgehead atoms. The van der Waals surface area contributed by atoms with Gasteiger partial charge in [-0.05, 0) is 35.1 Å². The predicted molar refractivity (Wildman–Crippen MR) is 112 cm³/mol. The Hall–Kier alpha value is -2.20. The lowest BCUT2D eigenvalue weighted by atomic mass is 10.1. The third-order valence-corrected chi connectivity index (χ3v) is 4.22. The van der Waals surface area contributed by atoms with Gasteiger partial charge in [0.15, 0.2) is 0 Å². The predicted octanol–water partition coefficient (Wildman–Crippen LogP) is 5.50. The number of ether oxygens (including phenoxy) is 3. The molecule has 0 aliphatic rings. The zero-order valence-electron chi connectivity index (χ0n) is 16.1. The topological polar surface area (TPSA) is 27.7 Å². The van der Waals surface area contributed by atoms with Crippen molar-refractivity contribution in [2.45, 2.75) is 26.1 Å². The van der Waals surface area contributed by atoms with Gasteiger partial charge in [0, 0.05) is 26.4 Å². The summed E-state index contributed by atoms with van der Waals surface area (Å²) in [5.74, 6) is 0. The van der Waals surface area contributed by atoms with Gasteiger partial charge in [-0.3, -0.25) is 0 Å². The molecule has 2 aromatic carbocycles. The van der Waals surface area contributed by atoms with Crippen LogP contribution in [-0.4, -0.2) is 26.4 Å². The summed E-state index contributed by atoms with van der Waals surface area (Å²) in [4.78, 5) is 0. The van der Waals surface area contributed by atoms with E-state index in [-0.39, 0.29) is 0 Å². The van der Waals surface area contributed by atoms with Crippen molar-refractivity contribution in [2.24, 2.45) is 0 Å². The molecule has 27 heavy (non-hydrogen) atoms. The van der Waals surface area contributed by atoms with Crippen LogP contribution in [0, 0.1) is 0 Å². The van der Waals surface area contributed by atoms with Crippen molar-refractivity contribution in [3.05, 3.63) is 83.9 Å². The second kappa shape index (κ2) is 13.0. The lowest BCUT2D eigenvalue weighted by Crippen LogP contribution is -2.05. The Kier molecular flexibility index (Phi) is 10.2. The van der Waals surface area contributed by atoms with E-state index in [0.717, 1.165) is 24.0 Å². The molecule has 2 aromatic rings. The average molecular weight is 367 g/mol. The van der Waals surface area contributed by atoms with Crippen LogP contribution in [0.5, 0.6) is 0 Å². The smallest absolute Gasteiger partial charge is 0.0722 e. The molecular weight excluding hydrogens is 336 g/mol. The van der Waals surface area contributed by atoms with E-state index in [9.17, 15) is 0 Å². The molecule has 3 nitrogen and oxygen atoms in total. The molecule has 0 aliphatic heterocycles. The maximum Gasteiger partial charge on any atom is 0.0722 e. The molecule has 0 radical (unpaired) electrons. The summed E-state index contributed by atoms with van der Waals surface area (Å²) in [5.41, 5.74) is 4.60. The Balaban J connectivity index is 1.45. The van der Waals surface area contributed by atoms with Gasteiger partial charge in [-0.15, -0.1) is 0 Å². The standard InChI is InChI=1S/C24H30O3/c1-3-21-11-5-7-13-23(21)19-26-17-9-15-25-16-10-18-27-20-24-14-8-6-12-22(24)4-2/h3-8,11-14H,1-2,9-10,15-20H2. The zero-order chi connectivity index (χ0) is 19.2. The normalized spacial score (nSPS) is 10.7. The minimum atomic E-state index is 0.613. The molecular formula is C24H30O3. The maximum atomic E-state index is 5.72. The van der Waals surface area contributed by atoms with Crippen LogP contribution >= 0.6 is 0 Å². The molecule has 0 aromatic heterocycles. The third kappa shape index (κ3) is 7.92. The van der Waals surface area contributed by atoms with Crippen molar-refractivity contribution in [2.75, 3.05) is 26.4 Å². The molecule has 3 heteroatoms. The number of hydrogen-bond donors (Lipinski definition) is 0. The fraction of sp³-hybridized carbons (Fsp3) is 0.333. The van der Waals surface area contributed by atoms with Crippen molar-refractivity contribution >= 4 is 12.2 Å². The Morgan fingerprint density at radius 3 is 1.44 bits per heavy atom.